The molecule has 1 aliphatic heterocycles. The summed E-state index contributed by atoms with van der Waals surface area (Å²) >= 11 is 0. The van der Waals surface area contributed by atoms with Gasteiger partial charge in [0.2, 0.25) is 0 Å². The number of nitrogens with one attached hydrogen (secondary N) is 1. The van der Waals surface area contributed by atoms with E-state index in [1.54, 1.807) is 10.9 Å². The lowest BCUT2D eigenvalue weighted by atomic mass is 9.78. The Hall–Kier alpha value is -1.95. The number of aromatic nitrogens is 3. The number of hydrogen-bond acceptors (Lipinski definition) is 4. The molecule has 0 radical (unpaired) electrons. The Kier molecular flexibility index (Phi) is 4.23. The minimum absolute atomic E-state index is 0.00771. The van der Waals surface area contributed by atoms with E-state index in [2.05, 4.69) is 15.4 Å². The van der Waals surface area contributed by atoms with Gasteiger partial charge in [-0.1, -0.05) is 19.3 Å². The molecule has 2 aromatic rings. The Balaban J connectivity index is 1.54. The van der Waals surface area contributed by atoms with Crippen LogP contribution in [-0.2, 0) is 11.8 Å². The quantitative estimate of drug-likeness (QED) is 0.911. The van der Waals surface area contributed by atoms with Crippen molar-refractivity contribution in [1.82, 2.24) is 20.1 Å². The highest BCUT2D eigenvalue weighted by atomic mass is 16.5. The predicted octanol–water partition coefficient (Wildman–Crippen LogP) is 2.89. The van der Waals surface area contributed by atoms with Gasteiger partial charge in [0.05, 0.1) is 22.7 Å². The van der Waals surface area contributed by atoms with E-state index < -0.39 is 0 Å². The Morgan fingerprint density at radius 3 is 2.96 bits per heavy atom. The Labute approximate surface area is 147 Å². The third-order valence-electron chi connectivity index (χ3n) is 5.67. The average Bonchev–Trinajstić information content (AvgIpc) is 2.96. The van der Waals surface area contributed by atoms with Crippen LogP contribution in [0.1, 0.15) is 61.0 Å². The number of aryl methyl sites for hydroxylation is 2. The molecule has 1 saturated carbocycles. The van der Waals surface area contributed by atoms with Crippen LogP contribution in [0.4, 0.5) is 0 Å². The van der Waals surface area contributed by atoms with Gasteiger partial charge >= 0.3 is 0 Å². The molecule has 2 aromatic heterocycles. The number of rotatable bonds is 2. The van der Waals surface area contributed by atoms with E-state index in [1.807, 2.05) is 20.0 Å². The second-order valence-corrected chi connectivity index (χ2v) is 7.57. The molecule has 2 fully saturated rings. The van der Waals surface area contributed by atoms with Crippen LogP contribution in [0.25, 0.3) is 11.0 Å². The first-order valence-electron chi connectivity index (χ1n) is 9.31. The van der Waals surface area contributed by atoms with E-state index in [0.717, 1.165) is 49.0 Å². The highest BCUT2D eigenvalue weighted by molar-refractivity contribution is 6.05. The Morgan fingerprint density at radius 2 is 2.16 bits per heavy atom. The average molecular weight is 342 g/mol. The molecule has 0 bridgehead atoms. The van der Waals surface area contributed by atoms with E-state index >= 15 is 0 Å². The summed E-state index contributed by atoms with van der Waals surface area (Å²) < 4.78 is 7.85. The van der Waals surface area contributed by atoms with Crippen molar-refractivity contribution in [3.05, 3.63) is 23.5 Å². The van der Waals surface area contributed by atoms with Crippen molar-refractivity contribution in [2.24, 2.45) is 7.05 Å². The van der Waals surface area contributed by atoms with E-state index in [1.165, 1.54) is 19.3 Å². The van der Waals surface area contributed by atoms with Crippen molar-refractivity contribution in [3.63, 3.8) is 0 Å². The topological polar surface area (TPSA) is 69.0 Å². The van der Waals surface area contributed by atoms with E-state index in [0.29, 0.717) is 5.56 Å². The van der Waals surface area contributed by atoms with Crippen LogP contribution in [0.3, 0.4) is 0 Å². The number of hydrogen-bond donors (Lipinski definition) is 1. The molecule has 1 aliphatic carbocycles. The summed E-state index contributed by atoms with van der Waals surface area (Å²) in [5.74, 6) is -0.0265. The molecule has 3 heterocycles. The number of ether oxygens (including phenoxy) is 1. The first kappa shape index (κ1) is 16.5. The minimum Gasteiger partial charge on any atom is -0.375 e. The molecular weight excluding hydrogens is 316 g/mol. The lowest BCUT2D eigenvalue weighted by Crippen LogP contribution is -2.49. The van der Waals surface area contributed by atoms with Crippen LogP contribution < -0.4 is 5.32 Å². The van der Waals surface area contributed by atoms with E-state index in [-0.39, 0.29) is 17.6 Å². The molecule has 6 heteroatoms. The zero-order valence-electron chi connectivity index (χ0n) is 15.0. The molecule has 6 nitrogen and oxygen atoms in total. The van der Waals surface area contributed by atoms with Gasteiger partial charge < -0.3 is 10.1 Å². The highest BCUT2D eigenvalue weighted by Gasteiger charge is 2.39. The van der Waals surface area contributed by atoms with Gasteiger partial charge in [0.25, 0.3) is 5.91 Å². The maximum atomic E-state index is 12.9. The van der Waals surface area contributed by atoms with Crippen LogP contribution >= 0.6 is 0 Å². The largest absolute Gasteiger partial charge is 0.375 e. The van der Waals surface area contributed by atoms with E-state index in [4.69, 9.17) is 4.74 Å². The normalized spacial score (nSPS) is 23.0. The fourth-order valence-corrected chi connectivity index (χ4v) is 4.39. The molecule has 1 unspecified atom stereocenters. The minimum atomic E-state index is -0.0265. The van der Waals surface area contributed by atoms with E-state index in [9.17, 15) is 4.79 Å². The van der Waals surface area contributed by atoms with Gasteiger partial charge in [-0.2, -0.15) is 5.10 Å². The van der Waals surface area contributed by atoms with Crippen LogP contribution in [0.2, 0.25) is 0 Å². The molecule has 1 N–H and O–H groups in total. The van der Waals surface area contributed by atoms with Crippen molar-refractivity contribution in [2.45, 2.75) is 63.5 Å². The number of pyridine rings is 1. The molecule has 1 atom stereocenters. The van der Waals surface area contributed by atoms with Crippen LogP contribution in [0.15, 0.2) is 12.3 Å². The maximum Gasteiger partial charge on any atom is 0.252 e. The zero-order chi connectivity index (χ0) is 17.4. The third kappa shape index (κ3) is 3.15. The van der Waals surface area contributed by atoms with Crippen LogP contribution in [-0.4, -0.2) is 38.9 Å². The fourth-order valence-electron chi connectivity index (χ4n) is 4.39. The van der Waals surface area contributed by atoms with Crippen molar-refractivity contribution in [3.8, 4) is 0 Å². The molecule has 0 aromatic carbocycles. The third-order valence-corrected chi connectivity index (χ3v) is 5.67. The molecule has 25 heavy (non-hydrogen) atoms. The summed E-state index contributed by atoms with van der Waals surface area (Å²) in [4.78, 5) is 17.4. The number of fused-ring (bicyclic) bond motifs is 1. The smallest absolute Gasteiger partial charge is 0.252 e. The zero-order valence-corrected chi connectivity index (χ0v) is 15.0. The standard InChI is InChI=1S/C19H26N4O2/c1-13-10-15(16-12-20-23(2)17(16)21-13)18(24)22-14-6-9-25-19(11-14)7-4-3-5-8-19/h10,12,14H,3-9,11H2,1-2H3,(H,22,24). The number of nitrogens with zero attached hydrogens (tertiary/aromatic N) is 3. The van der Waals surface area contributed by atoms with Gasteiger partial charge in [0.15, 0.2) is 5.65 Å². The number of carbonyl (C=O) groups is 1. The predicted molar refractivity (Wildman–Crippen MR) is 95.5 cm³/mol. The Bertz CT molecular complexity index is 787. The molecule has 4 rings (SSSR count). The molecule has 1 saturated heterocycles. The van der Waals surface area contributed by atoms with Gasteiger partial charge in [-0.05, 0) is 38.7 Å². The number of amides is 1. The van der Waals surface area contributed by atoms with Crippen molar-refractivity contribution < 1.29 is 9.53 Å². The summed E-state index contributed by atoms with van der Waals surface area (Å²) in [7, 11) is 1.85. The summed E-state index contributed by atoms with van der Waals surface area (Å²) in [6.07, 6.45) is 9.57. The first-order valence-corrected chi connectivity index (χ1v) is 9.31. The lowest BCUT2D eigenvalue weighted by Gasteiger charge is -2.43. The van der Waals surface area contributed by atoms with Gasteiger partial charge in [-0.25, -0.2) is 4.98 Å². The van der Waals surface area contributed by atoms with Crippen molar-refractivity contribution >= 4 is 16.9 Å². The highest BCUT2D eigenvalue weighted by Crippen LogP contribution is 2.38. The van der Waals surface area contributed by atoms with Gasteiger partial charge in [0, 0.05) is 25.4 Å². The van der Waals surface area contributed by atoms with Gasteiger partial charge in [-0.15, -0.1) is 0 Å². The molecule has 2 aliphatic rings. The Morgan fingerprint density at radius 1 is 1.36 bits per heavy atom. The summed E-state index contributed by atoms with van der Waals surface area (Å²) in [5.41, 5.74) is 2.24. The SMILES string of the molecule is Cc1cc(C(=O)NC2CCOC3(CCCCC3)C2)c2cnn(C)c2n1. The summed E-state index contributed by atoms with van der Waals surface area (Å²) in [5, 5.41) is 8.31. The van der Waals surface area contributed by atoms with Crippen LogP contribution in [0.5, 0.6) is 0 Å². The van der Waals surface area contributed by atoms with Crippen molar-refractivity contribution in [2.75, 3.05) is 6.61 Å². The second-order valence-electron chi connectivity index (χ2n) is 7.57. The van der Waals surface area contributed by atoms with Gasteiger partial charge in [0.1, 0.15) is 0 Å². The molecule has 134 valence electrons. The first-order chi connectivity index (χ1) is 12.1. The monoisotopic (exact) mass is 342 g/mol. The van der Waals surface area contributed by atoms with Crippen LogP contribution in [0, 0.1) is 6.92 Å². The summed E-state index contributed by atoms with van der Waals surface area (Å²) in [6.45, 7) is 2.65. The molecule has 1 amide bonds. The van der Waals surface area contributed by atoms with Crippen molar-refractivity contribution in [1.29, 1.82) is 0 Å². The van der Waals surface area contributed by atoms with Gasteiger partial charge in [-0.3, -0.25) is 9.48 Å². The lowest BCUT2D eigenvalue weighted by molar-refractivity contribution is -0.107. The molecule has 1 spiro atoms. The second kappa shape index (κ2) is 6.41. The fraction of sp³-hybridized carbons (Fsp3) is 0.632. The number of carbonyl (C=O) groups excluding carboxylic acids is 1. The maximum absolute atomic E-state index is 12.9. The molecular formula is C19H26N4O2. The summed E-state index contributed by atoms with van der Waals surface area (Å²) in [6, 6.07) is 2.04.